The Morgan fingerprint density at radius 1 is 1.26 bits per heavy atom. The molecule has 4 rings (SSSR count). The van der Waals surface area contributed by atoms with Crippen molar-refractivity contribution in [3.8, 4) is 11.7 Å². The molecule has 1 fully saturated rings. The zero-order valence-corrected chi connectivity index (χ0v) is 18.3. The molecule has 0 bridgehead atoms. The zero-order chi connectivity index (χ0) is 24.5. The van der Waals surface area contributed by atoms with Crippen LogP contribution in [0.4, 0.5) is 29.9 Å². The lowest BCUT2D eigenvalue weighted by Crippen LogP contribution is -2.34. The number of carbonyl (C=O) groups excluding carboxylic acids is 1. The number of aromatic nitrogens is 7. The maximum absolute atomic E-state index is 12.3. The molecule has 1 aliphatic rings. The van der Waals surface area contributed by atoms with Gasteiger partial charge in [0.05, 0.1) is 17.8 Å². The van der Waals surface area contributed by atoms with E-state index in [4.69, 9.17) is 4.74 Å². The van der Waals surface area contributed by atoms with Gasteiger partial charge in [-0.2, -0.15) is 15.0 Å². The SMILES string of the molecule is CC[C@H]1COC(=O)N1c1nc(C)nc(N[C@@H](C)c2cn(-c3ccc(OC(F)(F)F)nn3)cn2)n1. The molecule has 4 heterocycles. The molecule has 0 unspecified atom stereocenters. The number of nitrogens with zero attached hydrogens (tertiary/aromatic N) is 8. The summed E-state index contributed by atoms with van der Waals surface area (Å²) in [5, 5.41) is 10.2. The summed E-state index contributed by atoms with van der Waals surface area (Å²) in [5.41, 5.74) is 0.573. The van der Waals surface area contributed by atoms with Crippen LogP contribution >= 0.6 is 0 Å². The third-order valence-electron chi connectivity index (χ3n) is 4.89. The molecule has 34 heavy (non-hydrogen) atoms. The smallest absolute Gasteiger partial charge is 0.447 e. The Kier molecular flexibility index (Phi) is 6.17. The molecular formula is C19H20F3N9O3. The fraction of sp³-hybridized carbons (Fsp3) is 0.421. The minimum Gasteiger partial charge on any atom is -0.447 e. The maximum Gasteiger partial charge on any atom is 0.574 e. The van der Waals surface area contributed by atoms with E-state index < -0.39 is 18.3 Å². The second kappa shape index (κ2) is 9.07. The van der Waals surface area contributed by atoms with Gasteiger partial charge in [-0.25, -0.2) is 14.7 Å². The van der Waals surface area contributed by atoms with Crippen LogP contribution in [0.5, 0.6) is 5.88 Å². The number of hydrogen-bond donors (Lipinski definition) is 1. The highest BCUT2D eigenvalue weighted by Crippen LogP contribution is 2.24. The molecule has 0 saturated carbocycles. The number of rotatable bonds is 7. The number of anilines is 2. The number of alkyl halides is 3. The summed E-state index contributed by atoms with van der Waals surface area (Å²) in [6, 6.07) is 1.84. The third-order valence-corrected chi connectivity index (χ3v) is 4.89. The lowest BCUT2D eigenvalue weighted by Gasteiger charge is -2.19. The lowest BCUT2D eigenvalue weighted by molar-refractivity contribution is -0.276. The standard InChI is InChI=1S/C19H20F3N9O3/c1-4-12-8-33-18(32)31(12)17-26-11(3)25-16(27-17)24-10(2)13-7-30(9-23-13)14-5-6-15(29-28-14)34-19(20,21)22/h5-7,9-10,12H,4,8H2,1-3H3,(H,24,25,26,27)/t10-,12-/m0/s1. The van der Waals surface area contributed by atoms with Crippen molar-refractivity contribution in [2.24, 2.45) is 0 Å². The van der Waals surface area contributed by atoms with Crippen LogP contribution < -0.4 is 15.0 Å². The summed E-state index contributed by atoms with van der Waals surface area (Å²) < 4.78 is 47.2. The average Bonchev–Trinajstić information content (AvgIpc) is 3.39. The molecule has 1 saturated heterocycles. The number of aryl methyl sites for hydroxylation is 1. The van der Waals surface area contributed by atoms with E-state index >= 15 is 0 Å². The molecule has 0 spiro atoms. The predicted octanol–water partition coefficient (Wildman–Crippen LogP) is 2.96. The van der Waals surface area contributed by atoms with Gasteiger partial charge < -0.3 is 14.8 Å². The fourth-order valence-electron chi connectivity index (χ4n) is 3.22. The summed E-state index contributed by atoms with van der Waals surface area (Å²) in [4.78, 5) is 30.7. The minimum atomic E-state index is -4.85. The highest BCUT2D eigenvalue weighted by molar-refractivity contribution is 5.88. The van der Waals surface area contributed by atoms with Crippen LogP contribution in [0.3, 0.4) is 0 Å². The van der Waals surface area contributed by atoms with Crippen molar-refractivity contribution in [3.63, 3.8) is 0 Å². The zero-order valence-electron chi connectivity index (χ0n) is 18.3. The number of hydrogen-bond acceptors (Lipinski definition) is 10. The molecule has 15 heteroatoms. The summed E-state index contributed by atoms with van der Waals surface area (Å²) in [6.07, 6.45) is -1.61. The van der Waals surface area contributed by atoms with Crippen molar-refractivity contribution < 1.29 is 27.4 Å². The molecule has 3 aromatic heterocycles. The third kappa shape index (κ3) is 5.13. The van der Waals surface area contributed by atoms with Crippen molar-refractivity contribution in [1.29, 1.82) is 0 Å². The molecule has 0 aromatic carbocycles. The van der Waals surface area contributed by atoms with E-state index in [0.29, 0.717) is 17.9 Å². The van der Waals surface area contributed by atoms with Gasteiger partial charge in [-0.15, -0.1) is 23.4 Å². The highest BCUT2D eigenvalue weighted by atomic mass is 19.4. The molecule has 0 aliphatic carbocycles. The Bertz CT molecular complexity index is 1170. The van der Waals surface area contributed by atoms with Crippen molar-refractivity contribution in [2.45, 2.75) is 45.6 Å². The van der Waals surface area contributed by atoms with Crippen LogP contribution in [0, 0.1) is 6.92 Å². The highest BCUT2D eigenvalue weighted by Gasteiger charge is 2.35. The molecule has 0 radical (unpaired) electrons. The van der Waals surface area contributed by atoms with Crippen molar-refractivity contribution >= 4 is 18.0 Å². The number of ether oxygens (including phenoxy) is 2. The maximum atomic E-state index is 12.3. The number of halogens is 3. The molecule has 180 valence electrons. The first-order valence-corrected chi connectivity index (χ1v) is 10.2. The van der Waals surface area contributed by atoms with Crippen LogP contribution in [0.15, 0.2) is 24.7 Å². The van der Waals surface area contributed by atoms with E-state index in [2.05, 4.69) is 40.2 Å². The monoisotopic (exact) mass is 479 g/mol. The number of imidazole rings is 1. The first kappa shape index (κ1) is 23.1. The van der Waals surface area contributed by atoms with Gasteiger partial charge >= 0.3 is 12.5 Å². The van der Waals surface area contributed by atoms with E-state index in [-0.39, 0.29) is 36.4 Å². The van der Waals surface area contributed by atoms with Gasteiger partial charge in [0.15, 0.2) is 5.82 Å². The van der Waals surface area contributed by atoms with Crippen LogP contribution in [0.25, 0.3) is 5.82 Å². The molecule has 2 atom stereocenters. The molecule has 3 aromatic rings. The van der Waals surface area contributed by atoms with E-state index in [1.807, 2.05) is 13.8 Å². The molecule has 1 N–H and O–H groups in total. The predicted molar refractivity (Wildman–Crippen MR) is 110 cm³/mol. The second-order valence-electron chi connectivity index (χ2n) is 7.36. The first-order valence-electron chi connectivity index (χ1n) is 10.2. The van der Waals surface area contributed by atoms with Crippen LogP contribution in [-0.2, 0) is 4.74 Å². The molecule has 1 aliphatic heterocycles. The van der Waals surface area contributed by atoms with Gasteiger partial charge in [0.25, 0.3) is 0 Å². The Labute approximate surface area is 191 Å². The fourth-order valence-corrected chi connectivity index (χ4v) is 3.22. The molecule has 1 amide bonds. The largest absolute Gasteiger partial charge is 0.574 e. The normalized spacial score (nSPS) is 16.9. The Hall–Kier alpha value is -4.04. The summed E-state index contributed by atoms with van der Waals surface area (Å²) >= 11 is 0. The topological polar surface area (TPSA) is 133 Å². The lowest BCUT2D eigenvalue weighted by atomic mass is 10.2. The van der Waals surface area contributed by atoms with Crippen LogP contribution in [0.1, 0.15) is 37.8 Å². The minimum absolute atomic E-state index is 0.163. The van der Waals surface area contributed by atoms with Crippen LogP contribution in [-0.4, -0.2) is 59.8 Å². The number of cyclic esters (lactones) is 1. The Balaban J connectivity index is 1.48. The number of nitrogens with one attached hydrogen (secondary N) is 1. The Morgan fingerprint density at radius 3 is 2.74 bits per heavy atom. The van der Waals surface area contributed by atoms with Crippen molar-refractivity contribution in [2.75, 3.05) is 16.8 Å². The second-order valence-corrected chi connectivity index (χ2v) is 7.36. The van der Waals surface area contributed by atoms with Gasteiger partial charge in [-0.3, -0.25) is 4.57 Å². The summed E-state index contributed by atoms with van der Waals surface area (Å²) in [5.74, 6) is 0.430. The molecular weight excluding hydrogens is 459 g/mol. The van der Waals surface area contributed by atoms with Gasteiger partial charge in [0.2, 0.25) is 17.8 Å². The van der Waals surface area contributed by atoms with E-state index in [0.717, 1.165) is 6.07 Å². The summed E-state index contributed by atoms with van der Waals surface area (Å²) in [7, 11) is 0. The van der Waals surface area contributed by atoms with Crippen LogP contribution in [0.2, 0.25) is 0 Å². The van der Waals surface area contributed by atoms with Gasteiger partial charge in [-0.05, 0) is 26.3 Å². The quantitative estimate of drug-likeness (QED) is 0.539. The van der Waals surface area contributed by atoms with Gasteiger partial charge in [0.1, 0.15) is 18.8 Å². The van der Waals surface area contributed by atoms with Crippen molar-refractivity contribution in [1.82, 2.24) is 34.7 Å². The first-order chi connectivity index (χ1) is 16.1. The van der Waals surface area contributed by atoms with Gasteiger partial charge in [-0.1, -0.05) is 6.92 Å². The Morgan fingerprint density at radius 2 is 2.06 bits per heavy atom. The summed E-state index contributed by atoms with van der Waals surface area (Å²) in [6.45, 7) is 5.70. The number of amides is 1. The average molecular weight is 479 g/mol. The molecule has 12 nitrogen and oxygen atoms in total. The van der Waals surface area contributed by atoms with Gasteiger partial charge in [0, 0.05) is 12.3 Å². The van der Waals surface area contributed by atoms with E-state index in [1.54, 1.807) is 13.1 Å². The van der Waals surface area contributed by atoms with E-state index in [9.17, 15) is 18.0 Å². The number of carbonyl (C=O) groups is 1. The van der Waals surface area contributed by atoms with E-state index in [1.165, 1.54) is 21.9 Å². The van der Waals surface area contributed by atoms with Crippen molar-refractivity contribution in [3.05, 3.63) is 36.2 Å².